The van der Waals surface area contributed by atoms with E-state index in [-0.39, 0.29) is 23.4 Å². The molecule has 0 spiro atoms. The Hall–Kier alpha value is -1.37. The monoisotopic (exact) mass is 735 g/mol. The van der Waals surface area contributed by atoms with Crippen LogP contribution in [0, 0.1) is 46.3 Å². The van der Waals surface area contributed by atoms with Crippen molar-refractivity contribution in [3.05, 3.63) is 11.6 Å². The topological polar surface area (TPSA) is 167 Å². The molecule has 1 amide bonds. The zero-order chi connectivity index (χ0) is 36.9. The Balaban J connectivity index is 1.01. The van der Waals surface area contributed by atoms with Crippen LogP contribution in [-0.2, 0) is 9.47 Å². The van der Waals surface area contributed by atoms with E-state index in [2.05, 4.69) is 51.0 Å². The highest BCUT2D eigenvalue weighted by Gasteiger charge is 2.59. The van der Waals surface area contributed by atoms with Crippen molar-refractivity contribution in [3.63, 3.8) is 0 Å². The summed E-state index contributed by atoms with van der Waals surface area (Å²) >= 11 is 1.16. The van der Waals surface area contributed by atoms with E-state index in [1.807, 2.05) is 0 Å². The first-order valence-corrected chi connectivity index (χ1v) is 21.2. The Bertz CT molecular complexity index is 1220. The van der Waals surface area contributed by atoms with Gasteiger partial charge in [0.25, 0.3) is 0 Å². The van der Waals surface area contributed by atoms with Gasteiger partial charge >= 0.3 is 6.09 Å². The number of allylic oxidation sites excluding steroid dienone is 1. The predicted octanol–water partition coefficient (Wildman–Crippen LogP) is 5.79. The third-order valence-corrected chi connectivity index (χ3v) is 15.1. The third-order valence-electron chi connectivity index (χ3n) is 13.9. The summed E-state index contributed by atoms with van der Waals surface area (Å²) in [5.41, 5.74) is 7.45. The van der Waals surface area contributed by atoms with Gasteiger partial charge in [0.15, 0.2) is 0 Å². The van der Waals surface area contributed by atoms with Gasteiger partial charge in [0.1, 0.15) is 41.8 Å². The molecule has 0 radical (unpaired) electrons. The number of alkyl carbamates (subject to hydrolysis) is 1. The molecule has 0 aromatic heterocycles. The largest absolute Gasteiger partial charge is 0.446 e. The van der Waals surface area contributed by atoms with Gasteiger partial charge in [-0.2, -0.15) is 0 Å². The van der Waals surface area contributed by atoms with Crippen LogP contribution in [-0.4, -0.2) is 93.8 Å². The number of nitrogens with zero attached hydrogens (tertiary/aromatic N) is 1. The molecule has 292 valence electrons. The summed E-state index contributed by atoms with van der Waals surface area (Å²) in [4.78, 5) is 17.1. The van der Waals surface area contributed by atoms with Crippen LogP contribution >= 0.6 is 11.8 Å². The first-order chi connectivity index (χ1) is 24.3. The molecule has 5 rings (SSSR count). The number of amidine groups is 1. The number of nitrogens with one attached hydrogen (secondary N) is 1. The summed E-state index contributed by atoms with van der Waals surface area (Å²) in [5, 5.41) is 42.3. The van der Waals surface area contributed by atoms with Gasteiger partial charge in [0.05, 0.1) is 12.4 Å². The molecule has 13 atom stereocenters. The maximum atomic E-state index is 12.7. The average Bonchev–Trinajstić information content (AvgIpc) is 3.45. The quantitative estimate of drug-likeness (QED) is 0.0528. The molecule has 10 nitrogen and oxygen atoms in total. The fourth-order valence-corrected chi connectivity index (χ4v) is 12.0. The maximum Gasteiger partial charge on any atom is 0.407 e. The normalized spacial score (nSPS) is 40.2. The first-order valence-electron chi connectivity index (χ1n) is 20.1. The fourth-order valence-electron chi connectivity index (χ4n) is 11.0. The summed E-state index contributed by atoms with van der Waals surface area (Å²) < 4.78 is 11.4. The first kappa shape index (κ1) is 40.8. The molecule has 1 saturated heterocycles. The predicted molar refractivity (Wildman–Crippen MR) is 203 cm³/mol. The summed E-state index contributed by atoms with van der Waals surface area (Å²) in [5.74, 6) is 5.54. The zero-order valence-electron chi connectivity index (χ0n) is 32.0. The zero-order valence-corrected chi connectivity index (χ0v) is 32.8. The lowest BCUT2D eigenvalue weighted by Gasteiger charge is -2.58. The van der Waals surface area contributed by atoms with Gasteiger partial charge in [0, 0.05) is 19.5 Å². The second-order valence-electron chi connectivity index (χ2n) is 17.6. The van der Waals surface area contributed by atoms with E-state index >= 15 is 0 Å². The van der Waals surface area contributed by atoms with Crippen LogP contribution < -0.4 is 11.1 Å². The van der Waals surface area contributed by atoms with E-state index < -0.39 is 36.5 Å². The van der Waals surface area contributed by atoms with Gasteiger partial charge in [-0.1, -0.05) is 65.5 Å². The number of hydrogen-bond donors (Lipinski definition) is 6. The molecule has 11 heteroatoms. The molecule has 4 aliphatic carbocycles. The molecule has 1 heterocycles. The molecule has 5 aliphatic rings. The fraction of sp³-hybridized carbons (Fsp3) is 0.900. The molecular formula is C40H69N3O7S. The summed E-state index contributed by atoms with van der Waals surface area (Å²) in [7, 11) is 0. The number of thioether (sulfide) groups is 1. The molecule has 1 aliphatic heterocycles. The number of hydrogen-bond acceptors (Lipinski definition) is 9. The smallest absolute Gasteiger partial charge is 0.407 e. The Morgan fingerprint density at radius 1 is 1.04 bits per heavy atom. The standard InChI is InChI=1S/C40H69N3O7S/c1-24(2)9-8-10-25(3)29-13-14-30-28-12-11-26-21-27(15-17-39(26,4)31(28)16-18-40(29,30)5)49-38(48)43-20-7-6-19-42-33(41)23-51-37-36(47)35(46)34(45)32(22-44)50-37/h11,24-25,27-32,34-37,44-47H,6-10,12-23H2,1-5H3,(H2,41,42)(H,43,48)/t25-,27+,28+,29-,30+,31+,32-,34-,35+,36+,37+,39+,40-/m1/s1. The molecule has 0 bridgehead atoms. The minimum Gasteiger partial charge on any atom is -0.446 e. The van der Waals surface area contributed by atoms with Crippen molar-refractivity contribution in [2.75, 3.05) is 25.4 Å². The van der Waals surface area contributed by atoms with E-state index in [4.69, 9.17) is 15.2 Å². The van der Waals surface area contributed by atoms with Crippen LogP contribution in [0.1, 0.15) is 118 Å². The van der Waals surface area contributed by atoms with Gasteiger partial charge < -0.3 is 41.0 Å². The van der Waals surface area contributed by atoms with Crippen LogP contribution in [0.3, 0.4) is 0 Å². The third kappa shape index (κ3) is 9.30. The van der Waals surface area contributed by atoms with Crippen molar-refractivity contribution in [1.29, 1.82) is 0 Å². The number of carbonyl (C=O) groups excluding carboxylic acids is 1. The molecule has 0 unspecified atom stereocenters. The SMILES string of the molecule is CC(C)CCC[C@@H](C)[C@H]1CC[C@H]2[C@@H]3CC=C4C[C@@H](OC(=O)NCCCCN=C(N)CS[C@@H]5O[C@H](CO)[C@@H](O)[C@H](O)[C@@H]5O)CC[C@]4(C)[C@H]3CC[C@]12C. The van der Waals surface area contributed by atoms with Crippen LogP contribution in [0.25, 0.3) is 0 Å². The van der Waals surface area contributed by atoms with Crippen molar-refractivity contribution >= 4 is 23.7 Å². The highest BCUT2D eigenvalue weighted by molar-refractivity contribution is 8.00. The van der Waals surface area contributed by atoms with Crippen molar-refractivity contribution in [1.82, 2.24) is 5.32 Å². The average molecular weight is 736 g/mol. The number of fused-ring (bicyclic) bond motifs is 5. The Morgan fingerprint density at radius 2 is 1.82 bits per heavy atom. The molecule has 4 fully saturated rings. The second kappa shape index (κ2) is 17.8. The van der Waals surface area contributed by atoms with Crippen molar-refractivity contribution in [2.24, 2.45) is 57.1 Å². The number of carbonyl (C=O) groups is 1. The van der Waals surface area contributed by atoms with Crippen molar-refractivity contribution in [2.45, 2.75) is 154 Å². The van der Waals surface area contributed by atoms with E-state index in [9.17, 15) is 25.2 Å². The number of aliphatic imine (C=N–C) groups is 1. The van der Waals surface area contributed by atoms with E-state index in [0.29, 0.717) is 24.3 Å². The minimum atomic E-state index is -1.41. The van der Waals surface area contributed by atoms with Crippen LogP contribution in [0.2, 0.25) is 0 Å². The van der Waals surface area contributed by atoms with Gasteiger partial charge in [-0.05, 0) is 104 Å². The van der Waals surface area contributed by atoms with Crippen LogP contribution in [0.5, 0.6) is 0 Å². The molecule has 51 heavy (non-hydrogen) atoms. The minimum absolute atomic E-state index is 0.0668. The van der Waals surface area contributed by atoms with E-state index in [0.717, 1.165) is 79.4 Å². The summed E-state index contributed by atoms with van der Waals surface area (Å²) in [6.07, 6.45) is 12.3. The highest BCUT2D eigenvalue weighted by atomic mass is 32.2. The number of aliphatic hydroxyl groups excluding tert-OH is 4. The number of amides is 1. The summed E-state index contributed by atoms with van der Waals surface area (Å²) in [6, 6.07) is 0. The van der Waals surface area contributed by atoms with E-state index in [1.165, 1.54) is 56.9 Å². The lowest BCUT2D eigenvalue weighted by atomic mass is 9.47. The number of aliphatic hydroxyl groups is 4. The van der Waals surface area contributed by atoms with Gasteiger partial charge in [-0.15, -0.1) is 11.8 Å². The number of ether oxygens (including phenoxy) is 2. The van der Waals surface area contributed by atoms with Crippen molar-refractivity contribution in [3.8, 4) is 0 Å². The lowest BCUT2D eigenvalue weighted by molar-refractivity contribution is -0.205. The van der Waals surface area contributed by atoms with Gasteiger partial charge in [-0.3, -0.25) is 4.99 Å². The molecule has 7 N–H and O–H groups in total. The van der Waals surface area contributed by atoms with E-state index in [1.54, 1.807) is 0 Å². The van der Waals surface area contributed by atoms with Crippen molar-refractivity contribution < 1.29 is 34.7 Å². The Kier molecular flexibility index (Phi) is 14.3. The van der Waals surface area contributed by atoms with Crippen LogP contribution in [0.4, 0.5) is 4.79 Å². The highest BCUT2D eigenvalue weighted by Crippen LogP contribution is 2.67. The Morgan fingerprint density at radius 3 is 2.57 bits per heavy atom. The lowest BCUT2D eigenvalue weighted by Crippen LogP contribution is -2.57. The van der Waals surface area contributed by atoms with Gasteiger partial charge in [0.2, 0.25) is 0 Å². The number of unbranched alkanes of at least 4 members (excludes halogenated alkanes) is 1. The Labute approximate surface area is 311 Å². The molecule has 3 saturated carbocycles. The summed E-state index contributed by atoms with van der Waals surface area (Å²) in [6.45, 7) is 13.0. The van der Waals surface area contributed by atoms with Crippen LogP contribution in [0.15, 0.2) is 16.6 Å². The number of nitrogens with two attached hydrogens (primary N) is 1. The molecular weight excluding hydrogens is 667 g/mol. The molecule has 0 aromatic rings. The maximum absolute atomic E-state index is 12.7. The second-order valence-corrected chi connectivity index (χ2v) is 18.7. The van der Waals surface area contributed by atoms with Gasteiger partial charge in [-0.25, -0.2) is 4.79 Å². The molecule has 0 aromatic carbocycles. The number of rotatable bonds is 15.